The van der Waals surface area contributed by atoms with Gasteiger partial charge in [-0.05, 0) is 19.4 Å². The van der Waals surface area contributed by atoms with Crippen LogP contribution in [0.4, 0.5) is 0 Å². The molecule has 0 bridgehead atoms. The van der Waals surface area contributed by atoms with E-state index in [4.69, 9.17) is 0 Å². The molecular formula is C14H18N2O2. The highest BCUT2D eigenvalue weighted by molar-refractivity contribution is 5.89. The van der Waals surface area contributed by atoms with Gasteiger partial charge in [0.2, 0.25) is 11.8 Å². The first kappa shape index (κ1) is 12.6. The Morgan fingerprint density at radius 3 is 2.72 bits per heavy atom. The van der Waals surface area contributed by atoms with Gasteiger partial charge >= 0.3 is 0 Å². The predicted molar refractivity (Wildman–Crippen MR) is 69.1 cm³/mol. The fourth-order valence-electron chi connectivity index (χ4n) is 2.11. The molecule has 1 heterocycles. The molecule has 96 valence electrons. The average Bonchev–Trinajstić information content (AvgIpc) is 2.35. The van der Waals surface area contributed by atoms with E-state index >= 15 is 0 Å². The summed E-state index contributed by atoms with van der Waals surface area (Å²) in [6.07, 6.45) is 0.359. The molecule has 0 radical (unpaired) electrons. The molecule has 1 aromatic carbocycles. The Hall–Kier alpha value is -1.84. The molecule has 1 atom stereocenters. The van der Waals surface area contributed by atoms with Crippen molar-refractivity contribution >= 4 is 11.8 Å². The Labute approximate surface area is 107 Å². The van der Waals surface area contributed by atoms with E-state index in [1.54, 1.807) is 11.8 Å². The van der Waals surface area contributed by atoms with Crippen LogP contribution in [-0.2, 0) is 16.0 Å². The number of benzene rings is 1. The van der Waals surface area contributed by atoms with Crippen molar-refractivity contribution in [3.05, 3.63) is 35.4 Å². The quantitative estimate of drug-likeness (QED) is 0.842. The average molecular weight is 246 g/mol. The summed E-state index contributed by atoms with van der Waals surface area (Å²) >= 11 is 0. The molecule has 0 aromatic heterocycles. The first-order valence-electron chi connectivity index (χ1n) is 6.20. The maximum Gasteiger partial charge on any atom is 0.242 e. The molecule has 1 N–H and O–H groups in total. The van der Waals surface area contributed by atoms with Gasteiger partial charge in [0.25, 0.3) is 0 Å². The highest BCUT2D eigenvalue weighted by Crippen LogP contribution is 2.09. The third-order valence-electron chi connectivity index (χ3n) is 3.30. The summed E-state index contributed by atoms with van der Waals surface area (Å²) in [6.45, 7) is 4.92. The lowest BCUT2D eigenvalue weighted by atomic mass is 10.1. The molecule has 1 aromatic rings. The van der Waals surface area contributed by atoms with E-state index in [0.717, 1.165) is 5.56 Å². The van der Waals surface area contributed by atoms with Crippen LogP contribution in [0.3, 0.4) is 0 Å². The van der Waals surface area contributed by atoms with E-state index < -0.39 is 0 Å². The van der Waals surface area contributed by atoms with E-state index in [9.17, 15) is 9.59 Å². The van der Waals surface area contributed by atoms with Crippen LogP contribution >= 0.6 is 0 Å². The van der Waals surface area contributed by atoms with Gasteiger partial charge in [0.1, 0.15) is 6.04 Å². The van der Waals surface area contributed by atoms with Crippen LogP contribution in [0.5, 0.6) is 0 Å². The Kier molecular flexibility index (Phi) is 3.65. The number of rotatable bonds is 2. The van der Waals surface area contributed by atoms with Crippen molar-refractivity contribution in [3.63, 3.8) is 0 Å². The lowest BCUT2D eigenvalue weighted by Crippen LogP contribution is -2.56. The second-order valence-corrected chi connectivity index (χ2v) is 4.72. The number of hydrogen-bond donors (Lipinski definition) is 1. The number of amides is 2. The summed E-state index contributed by atoms with van der Waals surface area (Å²) in [7, 11) is 0. The van der Waals surface area contributed by atoms with Gasteiger partial charge in [0, 0.05) is 13.1 Å². The number of piperazine rings is 1. The highest BCUT2D eigenvalue weighted by atomic mass is 16.2. The molecule has 0 saturated carbocycles. The fraction of sp³-hybridized carbons (Fsp3) is 0.429. The minimum absolute atomic E-state index is 0.0150. The second kappa shape index (κ2) is 5.21. The van der Waals surface area contributed by atoms with Crippen molar-refractivity contribution in [1.82, 2.24) is 10.2 Å². The number of nitrogens with zero attached hydrogens (tertiary/aromatic N) is 1. The monoisotopic (exact) mass is 246 g/mol. The number of carbonyl (C=O) groups is 2. The summed E-state index contributed by atoms with van der Waals surface area (Å²) < 4.78 is 0. The van der Waals surface area contributed by atoms with Crippen LogP contribution in [0, 0.1) is 6.92 Å². The lowest BCUT2D eigenvalue weighted by Gasteiger charge is -2.32. The molecule has 4 nitrogen and oxygen atoms in total. The molecule has 4 heteroatoms. The van der Waals surface area contributed by atoms with Gasteiger partial charge in [-0.25, -0.2) is 0 Å². The molecule has 2 amide bonds. The van der Waals surface area contributed by atoms with Gasteiger partial charge in [0.15, 0.2) is 0 Å². The molecule has 1 saturated heterocycles. The van der Waals surface area contributed by atoms with E-state index in [0.29, 0.717) is 19.5 Å². The molecule has 1 fully saturated rings. The first-order chi connectivity index (χ1) is 8.58. The van der Waals surface area contributed by atoms with Gasteiger partial charge in [0.05, 0.1) is 6.42 Å². The maximum absolute atomic E-state index is 12.2. The zero-order valence-electron chi connectivity index (χ0n) is 10.8. The van der Waals surface area contributed by atoms with Gasteiger partial charge in [-0.3, -0.25) is 9.59 Å². The molecule has 1 aliphatic rings. The molecule has 2 rings (SSSR count). The molecule has 1 unspecified atom stereocenters. The van der Waals surface area contributed by atoms with E-state index in [1.807, 2.05) is 31.2 Å². The summed E-state index contributed by atoms with van der Waals surface area (Å²) in [5.41, 5.74) is 2.17. The minimum Gasteiger partial charge on any atom is -0.353 e. The normalized spacial score (nSPS) is 19.6. The highest BCUT2D eigenvalue weighted by Gasteiger charge is 2.28. The Morgan fingerprint density at radius 2 is 2.06 bits per heavy atom. The third kappa shape index (κ3) is 2.70. The molecule has 1 aliphatic heterocycles. The van der Waals surface area contributed by atoms with Crippen LogP contribution in [-0.4, -0.2) is 35.8 Å². The molecule has 0 spiro atoms. The lowest BCUT2D eigenvalue weighted by molar-refractivity contribution is -0.142. The fourth-order valence-corrected chi connectivity index (χ4v) is 2.11. The Morgan fingerprint density at radius 1 is 1.39 bits per heavy atom. The van der Waals surface area contributed by atoms with Crippen LogP contribution in [0.1, 0.15) is 18.1 Å². The number of aryl methyl sites for hydroxylation is 1. The topological polar surface area (TPSA) is 49.4 Å². The number of nitrogens with one attached hydrogen (secondary N) is 1. The van der Waals surface area contributed by atoms with Crippen molar-refractivity contribution < 1.29 is 9.59 Å². The van der Waals surface area contributed by atoms with Crippen LogP contribution in [0.25, 0.3) is 0 Å². The van der Waals surface area contributed by atoms with E-state index in [1.165, 1.54) is 5.56 Å². The largest absolute Gasteiger partial charge is 0.353 e. The first-order valence-corrected chi connectivity index (χ1v) is 6.20. The molecular weight excluding hydrogens is 228 g/mol. The van der Waals surface area contributed by atoms with Gasteiger partial charge in [-0.2, -0.15) is 0 Å². The maximum atomic E-state index is 12.2. The SMILES string of the molecule is Cc1ccc(CC(=O)N2CCNC(=O)C2C)cc1. The van der Waals surface area contributed by atoms with Crippen LogP contribution in [0.2, 0.25) is 0 Å². The van der Waals surface area contributed by atoms with Gasteiger partial charge in [-0.1, -0.05) is 29.8 Å². The summed E-state index contributed by atoms with van der Waals surface area (Å²) in [5.74, 6) is -0.0558. The summed E-state index contributed by atoms with van der Waals surface area (Å²) in [4.78, 5) is 25.3. The Bertz CT molecular complexity index is 453. The van der Waals surface area contributed by atoms with Gasteiger partial charge < -0.3 is 10.2 Å². The van der Waals surface area contributed by atoms with E-state index in [2.05, 4.69) is 5.32 Å². The molecule has 18 heavy (non-hydrogen) atoms. The summed E-state index contributed by atoms with van der Waals surface area (Å²) in [6, 6.07) is 7.55. The summed E-state index contributed by atoms with van der Waals surface area (Å²) in [5, 5.41) is 2.76. The van der Waals surface area contributed by atoms with E-state index in [-0.39, 0.29) is 17.9 Å². The predicted octanol–water partition coefficient (Wildman–Crippen LogP) is 0.884. The third-order valence-corrected chi connectivity index (χ3v) is 3.30. The smallest absolute Gasteiger partial charge is 0.242 e. The Balaban J connectivity index is 2.03. The van der Waals surface area contributed by atoms with Crippen LogP contribution in [0.15, 0.2) is 24.3 Å². The second-order valence-electron chi connectivity index (χ2n) is 4.72. The zero-order valence-corrected chi connectivity index (χ0v) is 10.8. The van der Waals surface area contributed by atoms with Crippen molar-refractivity contribution in [2.24, 2.45) is 0 Å². The van der Waals surface area contributed by atoms with Crippen LogP contribution < -0.4 is 5.32 Å². The zero-order chi connectivity index (χ0) is 13.1. The van der Waals surface area contributed by atoms with Crippen molar-refractivity contribution in [2.45, 2.75) is 26.3 Å². The minimum atomic E-state index is -0.364. The number of carbonyl (C=O) groups excluding carboxylic acids is 2. The van der Waals surface area contributed by atoms with Crippen molar-refractivity contribution in [3.8, 4) is 0 Å². The number of hydrogen-bond acceptors (Lipinski definition) is 2. The molecule has 0 aliphatic carbocycles. The standard InChI is InChI=1S/C14H18N2O2/c1-10-3-5-12(6-4-10)9-13(17)16-8-7-15-14(18)11(16)2/h3-6,11H,7-9H2,1-2H3,(H,15,18). The van der Waals surface area contributed by atoms with Gasteiger partial charge in [-0.15, -0.1) is 0 Å². The van der Waals surface area contributed by atoms with Crippen molar-refractivity contribution in [1.29, 1.82) is 0 Å². The van der Waals surface area contributed by atoms with Crippen molar-refractivity contribution in [2.75, 3.05) is 13.1 Å².